The van der Waals surface area contributed by atoms with Crippen LogP contribution in [0.4, 0.5) is 5.69 Å². The highest BCUT2D eigenvalue weighted by Crippen LogP contribution is 2.22. The molecule has 0 atom stereocenters. The first-order valence-electron chi connectivity index (χ1n) is 8.22. The van der Waals surface area contributed by atoms with E-state index < -0.39 is 22.7 Å². The molecule has 0 saturated carbocycles. The number of carboxylic acid groups (broad SMARTS) is 1. The van der Waals surface area contributed by atoms with Crippen LogP contribution in [0.25, 0.3) is 0 Å². The minimum atomic E-state index is -0.856. The van der Waals surface area contributed by atoms with E-state index in [2.05, 4.69) is 0 Å². The number of likely N-dealkylation sites (tertiary alicyclic amines) is 1. The zero-order valence-electron chi connectivity index (χ0n) is 14.7. The van der Waals surface area contributed by atoms with Crippen LogP contribution in [-0.4, -0.2) is 64.3 Å². The summed E-state index contributed by atoms with van der Waals surface area (Å²) in [4.78, 5) is 49.1. The van der Waals surface area contributed by atoms with Crippen molar-refractivity contribution in [2.45, 2.75) is 19.8 Å². The lowest BCUT2D eigenvalue weighted by atomic mass is 9.97. The van der Waals surface area contributed by atoms with E-state index in [0.29, 0.717) is 25.9 Å². The number of piperidine rings is 1. The molecular formula is C17H21N3O6. The molecule has 140 valence electrons. The molecule has 0 bridgehead atoms. The quantitative estimate of drug-likeness (QED) is 0.622. The standard InChI is InChI=1S/C17H21N3O6/c1-11-13(4-3-5-14(11)20(25)26)16(22)18(2)10-15(21)19-8-6-12(7-9-19)17(23)24/h3-5,12H,6-10H2,1-2H3,(H,23,24). The number of benzene rings is 1. The van der Waals surface area contributed by atoms with Gasteiger partial charge in [-0.25, -0.2) is 0 Å². The van der Waals surface area contributed by atoms with Crippen LogP contribution in [-0.2, 0) is 9.59 Å². The van der Waals surface area contributed by atoms with Gasteiger partial charge >= 0.3 is 5.97 Å². The third kappa shape index (κ3) is 4.16. The van der Waals surface area contributed by atoms with Crippen molar-refractivity contribution in [3.63, 3.8) is 0 Å². The molecule has 2 rings (SSSR count). The monoisotopic (exact) mass is 363 g/mol. The number of carbonyl (C=O) groups is 3. The van der Waals surface area contributed by atoms with Gasteiger partial charge in [0.25, 0.3) is 11.6 Å². The maximum atomic E-state index is 12.6. The topological polar surface area (TPSA) is 121 Å². The molecule has 0 radical (unpaired) electrons. The van der Waals surface area contributed by atoms with E-state index in [4.69, 9.17) is 5.11 Å². The van der Waals surface area contributed by atoms with Crippen LogP contribution in [0.3, 0.4) is 0 Å². The molecule has 9 nitrogen and oxygen atoms in total. The summed E-state index contributed by atoms with van der Waals surface area (Å²) in [5, 5.41) is 20.0. The van der Waals surface area contributed by atoms with E-state index in [1.807, 2.05) is 0 Å². The van der Waals surface area contributed by atoms with Gasteiger partial charge in [0, 0.05) is 37.3 Å². The number of nitro benzene ring substituents is 1. The molecule has 1 aromatic carbocycles. The molecule has 0 aromatic heterocycles. The van der Waals surface area contributed by atoms with Crippen LogP contribution in [0.5, 0.6) is 0 Å². The predicted octanol–water partition coefficient (Wildman–Crippen LogP) is 1.30. The fraction of sp³-hybridized carbons (Fsp3) is 0.471. The van der Waals surface area contributed by atoms with Gasteiger partial charge in [0.15, 0.2) is 0 Å². The molecule has 2 amide bonds. The Bertz CT molecular complexity index is 740. The van der Waals surface area contributed by atoms with Gasteiger partial charge in [-0.2, -0.15) is 0 Å². The first-order chi connectivity index (χ1) is 12.2. The third-order valence-electron chi connectivity index (χ3n) is 4.65. The van der Waals surface area contributed by atoms with E-state index in [0.717, 1.165) is 0 Å². The maximum absolute atomic E-state index is 12.6. The Balaban J connectivity index is 2.01. The lowest BCUT2D eigenvalue weighted by molar-refractivity contribution is -0.385. The van der Waals surface area contributed by atoms with Gasteiger partial charge in [-0.1, -0.05) is 6.07 Å². The van der Waals surface area contributed by atoms with Gasteiger partial charge in [-0.3, -0.25) is 24.5 Å². The lowest BCUT2D eigenvalue weighted by Gasteiger charge is -2.31. The van der Waals surface area contributed by atoms with Gasteiger partial charge in [-0.15, -0.1) is 0 Å². The van der Waals surface area contributed by atoms with Gasteiger partial charge in [-0.05, 0) is 25.8 Å². The fourth-order valence-corrected chi connectivity index (χ4v) is 3.01. The van der Waals surface area contributed by atoms with Crippen LogP contribution in [0.1, 0.15) is 28.8 Å². The molecule has 26 heavy (non-hydrogen) atoms. The summed E-state index contributed by atoms with van der Waals surface area (Å²) >= 11 is 0. The van der Waals surface area contributed by atoms with Crippen LogP contribution in [0, 0.1) is 23.0 Å². The first kappa shape index (κ1) is 19.4. The van der Waals surface area contributed by atoms with E-state index >= 15 is 0 Å². The van der Waals surface area contributed by atoms with Crippen molar-refractivity contribution in [2.75, 3.05) is 26.7 Å². The molecule has 1 N–H and O–H groups in total. The Morgan fingerprint density at radius 1 is 1.31 bits per heavy atom. The number of carbonyl (C=O) groups excluding carboxylic acids is 2. The zero-order valence-corrected chi connectivity index (χ0v) is 14.7. The average Bonchev–Trinajstić information content (AvgIpc) is 2.61. The molecule has 0 unspecified atom stereocenters. The van der Waals surface area contributed by atoms with E-state index in [9.17, 15) is 24.5 Å². The molecule has 0 spiro atoms. The molecule has 9 heteroatoms. The Morgan fingerprint density at radius 2 is 1.92 bits per heavy atom. The Labute approximate surface area is 150 Å². The van der Waals surface area contributed by atoms with E-state index in [1.54, 1.807) is 4.90 Å². The number of hydrogen-bond donors (Lipinski definition) is 1. The molecule has 1 saturated heterocycles. The summed E-state index contributed by atoms with van der Waals surface area (Å²) in [6.45, 7) is 2.01. The number of aliphatic carboxylic acids is 1. The fourth-order valence-electron chi connectivity index (χ4n) is 3.01. The van der Waals surface area contributed by atoms with Gasteiger partial charge < -0.3 is 14.9 Å². The van der Waals surface area contributed by atoms with Crippen molar-refractivity contribution in [2.24, 2.45) is 5.92 Å². The highest BCUT2D eigenvalue weighted by molar-refractivity contribution is 5.98. The van der Waals surface area contributed by atoms with Gasteiger partial charge in [0.1, 0.15) is 0 Å². The Kier molecular flexibility index (Phi) is 5.91. The number of amides is 2. The summed E-state index contributed by atoms with van der Waals surface area (Å²) in [5.74, 6) is -2.04. The molecule has 1 aromatic rings. The summed E-state index contributed by atoms with van der Waals surface area (Å²) in [6, 6.07) is 4.25. The summed E-state index contributed by atoms with van der Waals surface area (Å²) < 4.78 is 0. The number of nitro groups is 1. The number of likely N-dealkylation sites (N-methyl/N-ethyl adjacent to an activating group) is 1. The highest BCUT2D eigenvalue weighted by atomic mass is 16.6. The van der Waals surface area contributed by atoms with Crippen molar-refractivity contribution in [1.82, 2.24) is 9.80 Å². The van der Waals surface area contributed by atoms with Crippen LogP contribution in [0.2, 0.25) is 0 Å². The number of nitrogens with zero attached hydrogens (tertiary/aromatic N) is 3. The number of carboxylic acids is 1. The highest BCUT2D eigenvalue weighted by Gasteiger charge is 2.28. The van der Waals surface area contributed by atoms with Crippen molar-refractivity contribution >= 4 is 23.5 Å². The molecule has 1 aliphatic heterocycles. The van der Waals surface area contributed by atoms with Crippen molar-refractivity contribution in [1.29, 1.82) is 0 Å². The molecule has 1 aliphatic rings. The van der Waals surface area contributed by atoms with Crippen molar-refractivity contribution in [3.8, 4) is 0 Å². The molecule has 1 heterocycles. The lowest BCUT2D eigenvalue weighted by Crippen LogP contribution is -2.45. The van der Waals surface area contributed by atoms with Crippen molar-refractivity contribution < 1.29 is 24.4 Å². The molecule has 1 fully saturated rings. The van der Waals surface area contributed by atoms with Crippen LogP contribution < -0.4 is 0 Å². The summed E-state index contributed by atoms with van der Waals surface area (Å²) in [5.41, 5.74) is 0.287. The van der Waals surface area contributed by atoms with E-state index in [1.165, 1.54) is 37.1 Å². The summed E-state index contributed by atoms with van der Waals surface area (Å²) in [7, 11) is 1.46. The minimum Gasteiger partial charge on any atom is -0.481 e. The third-order valence-corrected chi connectivity index (χ3v) is 4.65. The number of rotatable bonds is 5. The predicted molar refractivity (Wildman–Crippen MR) is 91.7 cm³/mol. The zero-order chi connectivity index (χ0) is 19.4. The Hall–Kier alpha value is -2.97. The summed E-state index contributed by atoms with van der Waals surface area (Å²) in [6.07, 6.45) is 0.783. The first-order valence-corrected chi connectivity index (χ1v) is 8.22. The largest absolute Gasteiger partial charge is 0.481 e. The molecule has 0 aliphatic carbocycles. The van der Waals surface area contributed by atoms with Gasteiger partial charge in [0.05, 0.1) is 17.4 Å². The minimum absolute atomic E-state index is 0.147. The molecular weight excluding hydrogens is 342 g/mol. The van der Waals surface area contributed by atoms with Gasteiger partial charge in [0.2, 0.25) is 5.91 Å². The number of hydrogen-bond acceptors (Lipinski definition) is 5. The van der Waals surface area contributed by atoms with Crippen molar-refractivity contribution in [3.05, 3.63) is 39.4 Å². The maximum Gasteiger partial charge on any atom is 0.306 e. The normalized spacial score (nSPS) is 14.8. The second-order valence-electron chi connectivity index (χ2n) is 6.36. The van der Waals surface area contributed by atoms with E-state index in [-0.39, 0.29) is 29.3 Å². The second-order valence-corrected chi connectivity index (χ2v) is 6.36. The van der Waals surface area contributed by atoms with Crippen LogP contribution >= 0.6 is 0 Å². The Morgan fingerprint density at radius 3 is 2.46 bits per heavy atom. The SMILES string of the molecule is Cc1c(C(=O)N(C)CC(=O)N2CCC(C(=O)O)CC2)cccc1[N+](=O)[O-]. The smallest absolute Gasteiger partial charge is 0.306 e. The van der Waals surface area contributed by atoms with Crippen LogP contribution in [0.15, 0.2) is 18.2 Å². The second kappa shape index (κ2) is 7.94. The average molecular weight is 363 g/mol.